The molecule has 0 aliphatic carbocycles. The summed E-state index contributed by atoms with van der Waals surface area (Å²) in [6, 6.07) is 0. The van der Waals surface area contributed by atoms with E-state index in [0.29, 0.717) is 0 Å². The SMILES string of the molecule is [B]C(=O)NCCCCCCCCCCCCCCCC. The minimum atomic E-state index is -0.403. The summed E-state index contributed by atoms with van der Waals surface area (Å²) in [6.07, 6.45) is 19.0. The Morgan fingerprint density at radius 1 is 0.700 bits per heavy atom. The summed E-state index contributed by atoms with van der Waals surface area (Å²) in [6.45, 7) is 3.00. The average molecular weight is 279 g/mol. The summed E-state index contributed by atoms with van der Waals surface area (Å²) >= 11 is 0. The molecule has 0 aromatic rings. The molecule has 1 amide bonds. The van der Waals surface area contributed by atoms with Crippen LogP contribution in [0.25, 0.3) is 0 Å². The lowest BCUT2D eigenvalue weighted by Crippen LogP contribution is -2.22. The normalized spacial score (nSPS) is 10.7. The first-order chi connectivity index (χ1) is 9.77. The van der Waals surface area contributed by atoms with Crippen LogP contribution in [0.1, 0.15) is 96.8 Å². The smallest absolute Gasteiger partial charge is 0.200 e. The Hall–Kier alpha value is -0.465. The molecule has 0 aromatic heterocycles. The molecule has 0 aromatic carbocycles. The summed E-state index contributed by atoms with van der Waals surface area (Å²) in [5, 5.41) is 2.63. The minimum Gasteiger partial charge on any atom is -0.366 e. The van der Waals surface area contributed by atoms with E-state index < -0.39 is 5.81 Å². The van der Waals surface area contributed by atoms with Gasteiger partial charge in [-0.25, -0.2) is 0 Å². The Morgan fingerprint density at radius 3 is 1.40 bits per heavy atom. The van der Waals surface area contributed by atoms with Gasteiger partial charge in [-0.15, -0.1) is 0 Å². The van der Waals surface area contributed by atoms with Crippen molar-refractivity contribution in [3.8, 4) is 0 Å². The van der Waals surface area contributed by atoms with E-state index in [4.69, 9.17) is 7.85 Å². The largest absolute Gasteiger partial charge is 0.366 e. The molecular formula is C17H34BNO. The highest BCUT2D eigenvalue weighted by molar-refractivity contribution is 6.57. The Balaban J connectivity index is 2.94. The molecule has 0 fully saturated rings. The lowest BCUT2D eigenvalue weighted by atomic mass is 10.0. The van der Waals surface area contributed by atoms with Gasteiger partial charge in [0, 0.05) is 6.54 Å². The topological polar surface area (TPSA) is 29.1 Å². The van der Waals surface area contributed by atoms with Gasteiger partial charge in [0.05, 0.1) is 0 Å². The van der Waals surface area contributed by atoms with Crippen LogP contribution in [0, 0.1) is 0 Å². The molecule has 3 heteroatoms. The standard InChI is InChI=1S/C17H34BNO/c1-2-3-4-5-6-7-8-9-10-11-12-13-14-15-16-19-17(18)20/h2-16H2,1H3,(H,19,20). The van der Waals surface area contributed by atoms with Crippen LogP contribution >= 0.6 is 0 Å². The second-order valence-electron chi connectivity index (χ2n) is 5.89. The van der Waals surface area contributed by atoms with Crippen molar-refractivity contribution in [3.05, 3.63) is 0 Å². The average Bonchev–Trinajstić information content (AvgIpc) is 2.43. The van der Waals surface area contributed by atoms with Crippen LogP contribution in [0.2, 0.25) is 0 Å². The first-order valence-corrected chi connectivity index (χ1v) is 8.80. The van der Waals surface area contributed by atoms with Crippen LogP contribution in [-0.2, 0) is 0 Å². The van der Waals surface area contributed by atoms with Crippen LogP contribution in [0.4, 0.5) is 4.79 Å². The van der Waals surface area contributed by atoms with Crippen molar-refractivity contribution in [2.45, 2.75) is 96.8 Å². The predicted octanol–water partition coefficient (Wildman–Crippen LogP) is 5.35. The Bertz CT molecular complexity index is 209. The van der Waals surface area contributed by atoms with Gasteiger partial charge in [-0.3, -0.25) is 4.79 Å². The molecule has 0 heterocycles. The Morgan fingerprint density at radius 2 is 1.05 bits per heavy atom. The number of rotatable bonds is 15. The third kappa shape index (κ3) is 17.5. The maximum atomic E-state index is 10.4. The van der Waals surface area contributed by atoms with Crippen LogP contribution in [0.3, 0.4) is 0 Å². The van der Waals surface area contributed by atoms with E-state index in [1.54, 1.807) is 0 Å². The van der Waals surface area contributed by atoms with E-state index in [2.05, 4.69) is 12.2 Å². The third-order valence-corrected chi connectivity index (χ3v) is 3.83. The van der Waals surface area contributed by atoms with Crippen LogP contribution in [0.5, 0.6) is 0 Å². The van der Waals surface area contributed by atoms with E-state index in [1.807, 2.05) is 0 Å². The lowest BCUT2D eigenvalue weighted by molar-refractivity contribution is 0.259. The van der Waals surface area contributed by atoms with Crippen LogP contribution in [-0.4, -0.2) is 20.2 Å². The maximum Gasteiger partial charge on any atom is 0.200 e. The predicted molar refractivity (Wildman–Crippen MR) is 89.5 cm³/mol. The van der Waals surface area contributed by atoms with E-state index in [9.17, 15) is 4.79 Å². The lowest BCUT2D eigenvalue weighted by Gasteiger charge is -2.04. The van der Waals surface area contributed by atoms with Crippen molar-refractivity contribution in [1.29, 1.82) is 0 Å². The monoisotopic (exact) mass is 279 g/mol. The van der Waals surface area contributed by atoms with Crippen LogP contribution < -0.4 is 5.32 Å². The highest BCUT2D eigenvalue weighted by Gasteiger charge is 1.94. The molecule has 2 radical (unpaired) electrons. The fourth-order valence-electron chi connectivity index (χ4n) is 2.53. The second-order valence-corrected chi connectivity index (χ2v) is 5.89. The van der Waals surface area contributed by atoms with Crippen molar-refractivity contribution >= 4 is 13.7 Å². The van der Waals surface area contributed by atoms with Gasteiger partial charge in [-0.05, 0) is 6.42 Å². The van der Waals surface area contributed by atoms with Crippen molar-refractivity contribution in [2.75, 3.05) is 6.54 Å². The van der Waals surface area contributed by atoms with Gasteiger partial charge in [-0.1, -0.05) is 90.4 Å². The van der Waals surface area contributed by atoms with E-state index >= 15 is 0 Å². The number of hydrogen-bond acceptors (Lipinski definition) is 1. The molecule has 0 saturated heterocycles. The molecule has 116 valence electrons. The number of carbonyl (C=O) groups excluding carboxylic acids is 1. The molecule has 0 aliphatic rings. The number of carbonyl (C=O) groups is 1. The zero-order valence-electron chi connectivity index (χ0n) is 13.6. The van der Waals surface area contributed by atoms with E-state index in [0.717, 1.165) is 13.0 Å². The fourth-order valence-corrected chi connectivity index (χ4v) is 2.53. The Labute approximate surface area is 127 Å². The quantitative estimate of drug-likeness (QED) is 0.318. The van der Waals surface area contributed by atoms with E-state index in [-0.39, 0.29) is 0 Å². The summed E-state index contributed by atoms with van der Waals surface area (Å²) in [5.41, 5.74) is 0. The van der Waals surface area contributed by atoms with Crippen molar-refractivity contribution in [3.63, 3.8) is 0 Å². The Kier molecular flexibility index (Phi) is 16.2. The molecule has 0 unspecified atom stereocenters. The highest BCUT2D eigenvalue weighted by Crippen LogP contribution is 2.12. The molecule has 0 atom stereocenters. The van der Waals surface area contributed by atoms with Gasteiger partial charge in [0.15, 0.2) is 13.7 Å². The molecule has 2 nitrogen and oxygen atoms in total. The maximum absolute atomic E-state index is 10.4. The molecule has 0 bridgehead atoms. The van der Waals surface area contributed by atoms with Gasteiger partial charge < -0.3 is 5.32 Å². The first kappa shape index (κ1) is 19.5. The molecule has 1 N–H and O–H groups in total. The summed E-state index contributed by atoms with van der Waals surface area (Å²) in [7, 11) is 5.00. The van der Waals surface area contributed by atoms with Crippen molar-refractivity contribution in [2.24, 2.45) is 0 Å². The summed E-state index contributed by atoms with van der Waals surface area (Å²) in [4.78, 5) is 10.4. The molecule has 0 saturated carbocycles. The summed E-state index contributed by atoms with van der Waals surface area (Å²) < 4.78 is 0. The minimum absolute atomic E-state index is 0.403. The van der Waals surface area contributed by atoms with Gasteiger partial charge in [0.1, 0.15) is 0 Å². The van der Waals surface area contributed by atoms with Gasteiger partial charge in [0.2, 0.25) is 0 Å². The van der Waals surface area contributed by atoms with Gasteiger partial charge in [-0.2, -0.15) is 0 Å². The third-order valence-electron chi connectivity index (χ3n) is 3.83. The van der Waals surface area contributed by atoms with Gasteiger partial charge >= 0.3 is 0 Å². The fraction of sp³-hybridized carbons (Fsp3) is 0.941. The molecule has 0 rings (SSSR count). The molecule has 0 spiro atoms. The number of hydrogen-bond donors (Lipinski definition) is 1. The molecular weight excluding hydrogens is 245 g/mol. The zero-order valence-corrected chi connectivity index (χ0v) is 13.6. The molecule has 0 aliphatic heterocycles. The number of unbranched alkanes of at least 4 members (excludes halogenated alkanes) is 13. The van der Waals surface area contributed by atoms with Crippen LogP contribution in [0.15, 0.2) is 0 Å². The number of amides is 1. The van der Waals surface area contributed by atoms with Gasteiger partial charge in [0.25, 0.3) is 0 Å². The van der Waals surface area contributed by atoms with E-state index in [1.165, 1.54) is 83.5 Å². The van der Waals surface area contributed by atoms with Crippen molar-refractivity contribution in [1.82, 2.24) is 5.32 Å². The highest BCUT2D eigenvalue weighted by atomic mass is 16.1. The summed E-state index contributed by atoms with van der Waals surface area (Å²) in [5.74, 6) is -0.403. The number of nitrogens with one attached hydrogen (secondary N) is 1. The van der Waals surface area contributed by atoms with Crippen molar-refractivity contribution < 1.29 is 4.79 Å². The second kappa shape index (κ2) is 16.6. The zero-order chi connectivity index (χ0) is 14.9. The first-order valence-electron chi connectivity index (χ1n) is 8.80. The molecule has 20 heavy (non-hydrogen) atoms.